The first-order valence-corrected chi connectivity index (χ1v) is 8.97. The first-order valence-electron chi connectivity index (χ1n) is 5.75. The van der Waals surface area contributed by atoms with Gasteiger partial charge in [-0.1, -0.05) is 31.5 Å². The Morgan fingerprint density at radius 3 is 1.45 bits per heavy atom. The molecule has 0 fully saturated rings. The van der Waals surface area contributed by atoms with Gasteiger partial charge in [-0.25, -0.2) is 0 Å². The molecule has 0 bridgehead atoms. The second-order valence-corrected chi connectivity index (χ2v) is 6.76. The summed E-state index contributed by atoms with van der Waals surface area (Å²) in [4.78, 5) is 0.190. The molecule has 0 unspecified atom stereocenters. The third-order valence-corrected chi connectivity index (χ3v) is 3.73. The molecule has 0 saturated heterocycles. The van der Waals surface area contributed by atoms with Gasteiger partial charge in [-0.3, -0.25) is 8.37 Å². The summed E-state index contributed by atoms with van der Waals surface area (Å²) in [5, 5.41) is 0. The van der Waals surface area contributed by atoms with Gasteiger partial charge >= 0.3 is 0 Å². The van der Waals surface area contributed by atoms with Crippen molar-refractivity contribution in [2.75, 3.05) is 20.5 Å². The van der Waals surface area contributed by atoms with Crippen LogP contribution in [0.25, 0.3) is 0 Å². The number of hydrogen-bond donors (Lipinski definition) is 0. The monoisotopic (exact) mass is 326 g/mol. The standard InChI is InChI=1S/C8H10O3S.C2H6O3S.C2H6/c1-7-3-5-8(6-4-7)12(9,10)11-2;1-5-6(2,3)4;1-2/h3-6H,1-2H3;1-2H3;1-2H3. The van der Waals surface area contributed by atoms with Gasteiger partial charge in [-0.15, -0.1) is 0 Å². The van der Waals surface area contributed by atoms with Crippen LogP contribution < -0.4 is 0 Å². The van der Waals surface area contributed by atoms with Crippen LogP contribution in [-0.2, 0) is 28.6 Å². The Kier molecular flexibility index (Phi) is 10.5. The highest BCUT2D eigenvalue weighted by atomic mass is 32.2. The Morgan fingerprint density at radius 2 is 1.20 bits per heavy atom. The van der Waals surface area contributed by atoms with Gasteiger partial charge in [0.2, 0.25) is 0 Å². The molecule has 0 aliphatic heterocycles. The molecule has 1 aromatic carbocycles. The lowest BCUT2D eigenvalue weighted by molar-refractivity contribution is 0.397. The lowest BCUT2D eigenvalue weighted by atomic mass is 10.2. The van der Waals surface area contributed by atoms with E-state index >= 15 is 0 Å². The number of rotatable bonds is 3. The van der Waals surface area contributed by atoms with Crippen LogP contribution in [0.15, 0.2) is 29.2 Å². The van der Waals surface area contributed by atoms with Crippen LogP contribution in [0.3, 0.4) is 0 Å². The van der Waals surface area contributed by atoms with Crippen molar-refractivity contribution in [1.82, 2.24) is 0 Å². The molecule has 0 amide bonds. The van der Waals surface area contributed by atoms with Gasteiger partial charge in [-0.2, -0.15) is 16.8 Å². The van der Waals surface area contributed by atoms with E-state index in [1.807, 2.05) is 20.8 Å². The van der Waals surface area contributed by atoms with Gasteiger partial charge in [0.25, 0.3) is 20.2 Å². The summed E-state index contributed by atoms with van der Waals surface area (Å²) in [7, 11) is -4.41. The molecular weight excluding hydrogens is 304 g/mol. The molecule has 0 atom stereocenters. The summed E-state index contributed by atoms with van der Waals surface area (Å²) in [5.41, 5.74) is 1.02. The molecule has 20 heavy (non-hydrogen) atoms. The average Bonchev–Trinajstić information content (AvgIpc) is 2.41. The van der Waals surface area contributed by atoms with E-state index in [0.29, 0.717) is 0 Å². The Morgan fingerprint density at radius 1 is 0.850 bits per heavy atom. The molecule has 118 valence electrons. The largest absolute Gasteiger partial charge is 0.296 e. The predicted molar refractivity (Wildman–Crippen MR) is 78.6 cm³/mol. The van der Waals surface area contributed by atoms with Gasteiger partial charge in [0, 0.05) is 0 Å². The van der Waals surface area contributed by atoms with Gasteiger partial charge in [0.1, 0.15) is 0 Å². The molecule has 0 aliphatic carbocycles. The van der Waals surface area contributed by atoms with Crippen molar-refractivity contribution in [3.63, 3.8) is 0 Å². The summed E-state index contributed by atoms with van der Waals surface area (Å²) >= 11 is 0. The number of aryl methyl sites for hydroxylation is 1. The maximum absolute atomic E-state index is 11.1. The summed E-state index contributed by atoms with van der Waals surface area (Å²) < 4.78 is 50.0. The molecule has 0 aliphatic rings. The first kappa shape index (κ1) is 21.3. The number of benzene rings is 1. The molecule has 6 nitrogen and oxygen atoms in total. The quantitative estimate of drug-likeness (QED) is 0.789. The van der Waals surface area contributed by atoms with Gasteiger partial charge < -0.3 is 0 Å². The molecule has 0 N–H and O–H groups in total. The summed E-state index contributed by atoms with van der Waals surface area (Å²) in [6.07, 6.45) is 0.993. The van der Waals surface area contributed by atoms with Crippen molar-refractivity contribution in [2.45, 2.75) is 25.7 Å². The van der Waals surface area contributed by atoms with E-state index in [9.17, 15) is 16.8 Å². The maximum atomic E-state index is 11.1. The summed E-state index contributed by atoms with van der Waals surface area (Å²) in [5.74, 6) is 0. The maximum Gasteiger partial charge on any atom is 0.296 e. The summed E-state index contributed by atoms with van der Waals surface area (Å²) in [6, 6.07) is 6.50. The van der Waals surface area contributed by atoms with E-state index in [1.54, 1.807) is 12.1 Å². The molecule has 0 heterocycles. The average molecular weight is 326 g/mol. The Bertz CT molecular complexity index is 558. The van der Waals surface area contributed by atoms with E-state index < -0.39 is 20.2 Å². The molecule has 0 aromatic heterocycles. The lowest BCUT2D eigenvalue weighted by Gasteiger charge is -2.00. The minimum Gasteiger partial charge on any atom is -0.274 e. The van der Waals surface area contributed by atoms with Crippen LogP contribution in [0.2, 0.25) is 0 Å². The Hall–Kier alpha value is -0.960. The minimum absolute atomic E-state index is 0.190. The second kappa shape index (κ2) is 9.87. The zero-order chi connectivity index (χ0) is 16.4. The molecule has 8 heteroatoms. The Labute approximate surface area is 122 Å². The van der Waals surface area contributed by atoms with Crippen molar-refractivity contribution in [2.24, 2.45) is 0 Å². The second-order valence-electron chi connectivity index (χ2n) is 3.30. The van der Waals surface area contributed by atoms with Crippen LogP contribution in [0.1, 0.15) is 19.4 Å². The van der Waals surface area contributed by atoms with E-state index in [-0.39, 0.29) is 4.90 Å². The van der Waals surface area contributed by atoms with Crippen molar-refractivity contribution in [3.8, 4) is 0 Å². The van der Waals surface area contributed by atoms with Crippen LogP contribution in [0, 0.1) is 6.92 Å². The van der Waals surface area contributed by atoms with E-state index in [1.165, 1.54) is 12.1 Å². The van der Waals surface area contributed by atoms with Gasteiger partial charge in [-0.05, 0) is 19.1 Å². The third-order valence-electron chi connectivity index (χ3n) is 1.83. The minimum atomic E-state index is -3.51. The van der Waals surface area contributed by atoms with Crippen LogP contribution in [-0.4, -0.2) is 37.3 Å². The van der Waals surface area contributed by atoms with Crippen molar-refractivity contribution < 1.29 is 25.2 Å². The molecule has 0 saturated carbocycles. The van der Waals surface area contributed by atoms with Crippen LogP contribution in [0.4, 0.5) is 0 Å². The smallest absolute Gasteiger partial charge is 0.274 e. The normalized spacial score (nSPS) is 10.7. The fraction of sp³-hybridized carbons (Fsp3) is 0.500. The topological polar surface area (TPSA) is 86.7 Å². The van der Waals surface area contributed by atoms with Gasteiger partial charge in [0.15, 0.2) is 0 Å². The number of hydrogen-bond acceptors (Lipinski definition) is 6. The zero-order valence-corrected chi connectivity index (χ0v) is 14.2. The van der Waals surface area contributed by atoms with Crippen molar-refractivity contribution in [1.29, 1.82) is 0 Å². The van der Waals surface area contributed by atoms with E-state index in [0.717, 1.165) is 26.0 Å². The third kappa shape index (κ3) is 9.90. The fourth-order valence-electron chi connectivity index (χ4n) is 0.801. The van der Waals surface area contributed by atoms with Crippen LogP contribution >= 0.6 is 0 Å². The van der Waals surface area contributed by atoms with Crippen LogP contribution in [0.5, 0.6) is 0 Å². The molecule has 0 radical (unpaired) electrons. The molecule has 1 rings (SSSR count). The molecule has 0 spiro atoms. The van der Waals surface area contributed by atoms with E-state index in [4.69, 9.17) is 0 Å². The Balaban J connectivity index is 0. The van der Waals surface area contributed by atoms with Crippen molar-refractivity contribution >= 4 is 20.2 Å². The SMILES string of the molecule is CC.COS(=O)(=O)c1ccc(C)cc1.COS(C)(=O)=O. The highest BCUT2D eigenvalue weighted by Gasteiger charge is 2.10. The highest BCUT2D eigenvalue weighted by molar-refractivity contribution is 7.86. The summed E-state index contributed by atoms with van der Waals surface area (Å²) in [6.45, 7) is 5.89. The van der Waals surface area contributed by atoms with Crippen molar-refractivity contribution in [3.05, 3.63) is 29.8 Å². The first-order chi connectivity index (χ1) is 9.12. The highest BCUT2D eigenvalue weighted by Crippen LogP contribution is 2.11. The fourth-order valence-corrected chi connectivity index (χ4v) is 1.46. The lowest BCUT2D eigenvalue weighted by Crippen LogP contribution is -2.02. The zero-order valence-electron chi connectivity index (χ0n) is 12.6. The van der Waals surface area contributed by atoms with Gasteiger partial charge in [0.05, 0.1) is 25.4 Å². The predicted octanol–water partition coefficient (Wildman–Crippen LogP) is 1.95. The van der Waals surface area contributed by atoms with E-state index in [2.05, 4.69) is 8.37 Å². The molecular formula is C12H22O6S2. The molecule has 1 aromatic rings.